The highest BCUT2D eigenvalue weighted by Crippen LogP contribution is 2.16. The van der Waals surface area contributed by atoms with Crippen LogP contribution >= 0.6 is 0 Å². The van der Waals surface area contributed by atoms with Crippen molar-refractivity contribution >= 4 is 17.8 Å². The predicted molar refractivity (Wildman–Crippen MR) is 62.6 cm³/mol. The highest BCUT2D eigenvalue weighted by Gasteiger charge is 2.32. The molecule has 0 bridgehead atoms. The Labute approximate surface area is 106 Å². The van der Waals surface area contributed by atoms with Crippen molar-refractivity contribution in [3.05, 3.63) is 12.2 Å². The van der Waals surface area contributed by atoms with E-state index in [1.807, 2.05) is 0 Å². The maximum absolute atomic E-state index is 11.9. The van der Waals surface area contributed by atoms with E-state index < -0.39 is 23.9 Å². The van der Waals surface area contributed by atoms with Crippen molar-refractivity contribution in [3.8, 4) is 0 Å². The van der Waals surface area contributed by atoms with Gasteiger partial charge in [-0.2, -0.15) is 0 Å². The highest BCUT2D eigenvalue weighted by atomic mass is 16.6. The molecule has 18 heavy (non-hydrogen) atoms. The molecule has 1 heterocycles. The van der Waals surface area contributed by atoms with Crippen molar-refractivity contribution in [1.29, 1.82) is 0 Å². The van der Waals surface area contributed by atoms with Crippen LogP contribution in [0.1, 0.15) is 27.7 Å². The van der Waals surface area contributed by atoms with Crippen LogP contribution in [-0.2, 0) is 19.1 Å². The van der Waals surface area contributed by atoms with E-state index in [1.54, 1.807) is 20.8 Å². The Bertz CT molecular complexity index is 394. The molecule has 0 saturated heterocycles. The summed E-state index contributed by atoms with van der Waals surface area (Å²) in [6.45, 7) is 6.22. The minimum Gasteiger partial charge on any atom is -0.444 e. The number of carbonyl (C=O) groups excluding carboxylic acids is 3. The van der Waals surface area contributed by atoms with Gasteiger partial charge in [-0.05, 0) is 32.9 Å². The zero-order chi connectivity index (χ0) is 13.9. The van der Waals surface area contributed by atoms with Gasteiger partial charge >= 0.3 is 12.1 Å². The Morgan fingerprint density at radius 3 is 2.50 bits per heavy atom. The number of amides is 1. The van der Waals surface area contributed by atoms with Crippen LogP contribution in [0.15, 0.2) is 12.2 Å². The first kappa shape index (κ1) is 14.2. The molecule has 0 fully saturated rings. The van der Waals surface area contributed by atoms with Crippen molar-refractivity contribution in [1.82, 2.24) is 4.90 Å². The average molecular weight is 255 g/mol. The summed E-state index contributed by atoms with van der Waals surface area (Å²) in [5.74, 6) is -0.781. The van der Waals surface area contributed by atoms with E-state index in [4.69, 9.17) is 9.47 Å². The number of nitrogens with zero attached hydrogens (tertiary/aromatic N) is 1. The quantitative estimate of drug-likeness (QED) is 0.659. The minimum absolute atomic E-state index is 0.163. The van der Waals surface area contributed by atoms with Gasteiger partial charge in [0.1, 0.15) is 5.60 Å². The van der Waals surface area contributed by atoms with Crippen LogP contribution in [-0.4, -0.2) is 41.1 Å². The maximum Gasteiger partial charge on any atom is 0.413 e. The lowest BCUT2D eigenvalue weighted by molar-refractivity contribution is -0.152. The van der Waals surface area contributed by atoms with E-state index in [-0.39, 0.29) is 12.3 Å². The van der Waals surface area contributed by atoms with Crippen LogP contribution in [0.3, 0.4) is 0 Å². The topological polar surface area (TPSA) is 72.9 Å². The highest BCUT2D eigenvalue weighted by molar-refractivity contribution is 5.94. The van der Waals surface area contributed by atoms with Crippen LogP contribution in [0.25, 0.3) is 0 Å². The smallest absolute Gasteiger partial charge is 0.413 e. The van der Waals surface area contributed by atoms with Crippen LogP contribution in [0.2, 0.25) is 0 Å². The fourth-order valence-electron chi connectivity index (χ4n) is 1.37. The molecule has 0 aromatic carbocycles. The second kappa shape index (κ2) is 5.20. The first-order valence-electron chi connectivity index (χ1n) is 5.57. The Morgan fingerprint density at radius 1 is 1.39 bits per heavy atom. The van der Waals surface area contributed by atoms with E-state index in [0.29, 0.717) is 0 Å². The largest absolute Gasteiger partial charge is 0.444 e. The molecule has 6 heteroatoms. The number of esters is 1. The second-order valence-electron chi connectivity index (χ2n) is 4.93. The van der Waals surface area contributed by atoms with Gasteiger partial charge in [0.05, 0.1) is 6.54 Å². The van der Waals surface area contributed by atoms with Gasteiger partial charge in [0.15, 0.2) is 5.78 Å². The fraction of sp³-hybridized carbons (Fsp3) is 0.583. The molecule has 1 unspecified atom stereocenters. The molecule has 0 N–H and O–H groups in total. The lowest BCUT2D eigenvalue weighted by Crippen LogP contribution is -2.48. The van der Waals surface area contributed by atoms with Gasteiger partial charge in [-0.3, -0.25) is 14.5 Å². The maximum atomic E-state index is 11.9. The standard InChI is InChI=1S/C12H17NO5/c1-8(14)17-10-6-5-9(15)7-13(10)11(16)18-12(2,3)4/h5-6,10H,7H2,1-4H3. The van der Waals surface area contributed by atoms with E-state index in [1.165, 1.54) is 19.1 Å². The van der Waals surface area contributed by atoms with Crippen molar-refractivity contribution in [2.45, 2.75) is 39.5 Å². The van der Waals surface area contributed by atoms with Crippen LogP contribution in [0.5, 0.6) is 0 Å². The predicted octanol–water partition coefficient (Wildman–Crippen LogP) is 1.25. The van der Waals surface area contributed by atoms with Crippen molar-refractivity contribution in [2.24, 2.45) is 0 Å². The number of ether oxygens (including phenoxy) is 2. The van der Waals surface area contributed by atoms with Crippen molar-refractivity contribution in [2.75, 3.05) is 6.54 Å². The Kier molecular flexibility index (Phi) is 4.11. The zero-order valence-corrected chi connectivity index (χ0v) is 10.9. The zero-order valence-electron chi connectivity index (χ0n) is 10.9. The molecule has 1 amide bonds. The second-order valence-corrected chi connectivity index (χ2v) is 4.93. The van der Waals surface area contributed by atoms with Gasteiger partial charge in [0.2, 0.25) is 6.23 Å². The first-order valence-corrected chi connectivity index (χ1v) is 5.57. The molecule has 100 valence electrons. The fourth-order valence-corrected chi connectivity index (χ4v) is 1.37. The number of hydrogen-bond acceptors (Lipinski definition) is 5. The molecule has 1 rings (SSSR count). The molecule has 0 aromatic heterocycles. The summed E-state index contributed by atoms with van der Waals surface area (Å²) in [4.78, 5) is 35.2. The van der Waals surface area contributed by atoms with Crippen molar-refractivity contribution in [3.63, 3.8) is 0 Å². The molecule has 0 spiro atoms. The number of rotatable bonds is 1. The monoisotopic (exact) mass is 255 g/mol. The van der Waals surface area contributed by atoms with Gasteiger partial charge in [-0.1, -0.05) is 0 Å². The van der Waals surface area contributed by atoms with E-state index in [9.17, 15) is 14.4 Å². The van der Waals surface area contributed by atoms with Gasteiger partial charge < -0.3 is 9.47 Å². The van der Waals surface area contributed by atoms with Crippen LogP contribution in [0.4, 0.5) is 4.79 Å². The van der Waals surface area contributed by atoms with Gasteiger partial charge in [0.25, 0.3) is 0 Å². The van der Waals surface area contributed by atoms with E-state index in [2.05, 4.69) is 0 Å². The molecule has 1 aliphatic heterocycles. The summed E-state index contributed by atoms with van der Waals surface area (Å²) in [6, 6.07) is 0. The third-order valence-electron chi connectivity index (χ3n) is 1.99. The Hall–Kier alpha value is -1.85. The summed E-state index contributed by atoms with van der Waals surface area (Å²) < 4.78 is 10.1. The average Bonchev–Trinajstić information content (AvgIpc) is 2.17. The molecular weight excluding hydrogens is 238 g/mol. The lowest BCUT2D eigenvalue weighted by atomic mass is 10.2. The summed E-state index contributed by atoms with van der Waals surface area (Å²) in [5.41, 5.74) is -0.679. The van der Waals surface area contributed by atoms with Gasteiger partial charge in [0, 0.05) is 6.92 Å². The third kappa shape index (κ3) is 4.20. The van der Waals surface area contributed by atoms with Crippen LogP contribution in [0, 0.1) is 0 Å². The molecule has 1 atom stereocenters. The number of hydrogen-bond donors (Lipinski definition) is 0. The molecule has 6 nitrogen and oxygen atoms in total. The molecule has 0 aliphatic carbocycles. The number of ketones is 1. The minimum atomic E-state index is -0.893. The van der Waals surface area contributed by atoms with Crippen LogP contribution < -0.4 is 0 Å². The van der Waals surface area contributed by atoms with Gasteiger partial charge in [-0.15, -0.1) is 0 Å². The molecular formula is C12H17NO5. The number of carbonyl (C=O) groups is 3. The Balaban J connectivity index is 2.82. The first-order chi connectivity index (χ1) is 8.19. The SMILES string of the molecule is CC(=O)OC1C=CC(=O)CN1C(=O)OC(C)(C)C. The molecule has 0 saturated carbocycles. The summed E-state index contributed by atoms with van der Waals surface area (Å²) in [7, 11) is 0. The molecule has 0 radical (unpaired) electrons. The Morgan fingerprint density at radius 2 is 2.00 bits per heavy atom. The van der Waals surface area contributed by atoms with E-state index >= 15 is 0 Å². The van der Waals surface area contributed by atoms with Gasteiger partial charge in [-0.25, -0.2) is 4.79 Å². The normalized spacial score (nSPS) is 19.7. The van der Waals surface area contributed by atoms with E-state index in [0.717, 1.165) is 4.90 Å². The lowest BCUT2D eigenvalue weighted by Gasteiger charge is -2.32. The summed E-state index contributed by atoms with van der Waals surface area (Å²) >= 11 is 0. The van der Waals surface area contributed by atoms with Crippen molar-refractivity contribution < 1.29 is 23.9 Å². The summed E-state index contributed by atoms with van der Waals surface area (Å²) in [5, 5.41) is 0. The third-order valence-corrected chi connectivity index (χ3v) is 1.99. The molecule has 0 aromatic rings. The summed E-state index contributed by atoms with van der Waals surface area (Å²) in [6.07, 6.45) is 1.06. The molecule has 1 aliphatic rings.